The Kier molecular flexibility index (Phi) is 6.33. The first-order valence-electron chi connectivity index (χ1n) is 17.5. The lowest BCUT2D eigenvalue weighted by molar-refractivity contribution is -0.303. The van der Waals surface area contributed by atoms with Gasteiger partial charge >= 0.3 is 0 Å². The van der Waals surface area contributed by atoms with E-state index in [-0.39, 0.29) is 51.8 Å². The second kappa shape index (κ2) is 9.00. The number of hydrogen-bond donors (Lipinski definition) is 5. The molecule has 5 saturated carbocycles. The standard InChI is InChI=1S/C35H56O9/c1-17-14-19-26(30(4,5)40)44-35(43-19)25(17)31(6)12-13-34-16-33(34)11-10-22(42-27-24(38)23(37)18(36)15-41-27)29(2,3)20(33)8-9-21(34)32(31,7)28(35)39/h17-28,36-40H,8-16H2,1-7H3/t17-,18+,19-,20+,21+,22+,23+,24-,25-,26?,27+,28-,31-,32-,33-,34+,35+/m1/s1. The molecule has 3 spiro atoms. The third-order valence-electron chi connectivity index (χ3n) is 15.9. The molecule has 0 aromatic rings. The predicted molar refractivity (Wildman–Crippen MR) is 159 cm³/mol. The topological polar surface area (TPSA) is 138 Å². The highest BCUT2D eigenvalue weighted by molar-refractivity contribution is 5.34. The summed E-state index contributed by atoms with van der Waals surface area (Å²) in [4.78, 5) is 0. The van der Waals surface area contributed by atoms with Crippen molar-refractivity contribution in [2.45, 2.75) is 160 Å². The van der Waals surface area contributed by atoms with E-state index >= 15 is 0 Å². The third-order valence-corrected chi connectivity index (χ3v) is 15.9. The SMILES string of the molecule is C[C@@H]1C[C@H]2O[C@@]3(OC2C(C)(C)O)[C@H](O)[C@@]2(C)[C@@H]4CC[C@H]5C(C)(C)[C@@H](O[C@@H]6OC[C@H](O)[C@H](O)[C@H]6O)CC[C@@]56C[C@@]46CC[C@]2(C)[C@@H]13. The summed E-state index contributed by atoms with van der Waals surface area (Å²) in [6.45, 7) is 15.2. The van der Waals surface area contributed by atoms with Gasteiger partial charge in [0.15, 0.2) is 12.1 Å². The summed E-state index contributed by atoms with van der Waals surface area (Å²) < 4.78 is 25.8. The van der Waals surface area contributed by atoms with Crippen molar-refractivity contribution in [1.29, 1.82) is 0 Å². The van der Waals surface area contributed by atoms with Gasteiger partial charge in [-0.15, -0.1) is 0 Å². The first-order chi connectivity index (χ1) is 20.4. The Balaban J connectivity index is 1.10. The van der Waals surface area contributed by atoms with E-state index in [2.05, 4.69) is 34.6 Å². The number of hydrogen-bond acceptors (Lipinski definition) is 9. The molecular weight excluding hydrogens is 564 g/mol. The summed E-state index contributed by atoms with van der Waals surface area (Å²) in [5, 5.41) is 54.5. The molecule has 1 unspecified atom stereocenters. The van der Waals surface area contributed by atoms with E-state index in [4.69, 9.17) is 18.9 Å². The number of aliphatic hydroxyl groups is 5. The summed E-state index contributed by atoms with van der Waals surface area (Å²) in [7, 11) is 0. The van der Waals surface area contributed by atoms with Crippen LogP contribution in [0, 0.1) is 50.7 Å². The minimum Gasteiger partial charge on any atom is -0.388 e. The predicted octanol–water partition coefficient (Wildman–Crippen LogP) is 3.12. The Morgan fingerprint density at radius 2 is 1.52 bits per heavy atom. The minimum absolute atomic E-state index is 0.0559. The van der Waals surface area contributed by atoms with Gasteiger partial charge in [-0.2, -0.15) is 0 Å². The van der Waals surface area contributed by atoms with E-state index in [1.807, 2.05) is 0 Å². The highest BCUT2D eigenvalue weighted by Gasteiger charge is 2.88. The number of fused-ring (bicyclic) bond motifs is 4. The quantitative estimate of drug-likeness (QED) is 0.301. The highest BCUT2D eigenvalue weighted by Crippen LogP contribution is 2.90. The molecule has 250 valence electrons. The fourth-order valence-electron chi connectivity index (χ4n) is 14.0. The van der Waals surface area contributed by atoms with Crippen LogP contribution >= 0.6 is 0 Å². The van der Waals surface area contributed by atoms with Crippen LogP contribution in [-0.4, -0.2) is 92.5 Å². The maximum Gasteiger partial charge on any atom is 0.199 e. The van der Waals surface area contributed by atoms with Crippen molar-refractivity contribution in [3.63, 3.8) is 0 Å². The van der Waals surface area contributed by atoms with Crippen molar-refractivity contribution in [3.05, 3.63) is 0 Å². The van der Waals surface area contributed by atoms with Gasteiger partial charge in [0.2, 0.25) is 0 Å². The average Bonchev–Trinajstić information content (AvgIpc) is 3.45. The molecule has 5 N–H and O–H groups in total. The largest absolute Gasteiger partial charge is 0.388 e. The van der Waals surface area contributed by atoms with Gasteiger partial charge in [-0.05, 0) is 105 Å². The maximum absolute atomic E-state index is 12.7. The van der Waals surface area contributed by atoms with Crippen LogP contribution in [0.5, 0.6) is 0 Å². The first-order valence-corrected chi connectivity index (χ1v) is 17.5. The van der Waals surface area contributed by atoms with Gasteiger partial charge in [0.1, 0.15) is 30.5 Å². The lowest BCUT2D eigenvalue weighted by Gasteiger charge is -2.63. The molecule has 9 nitrogen and oxygen atoms in total. The van der Waals surface area contributed by atoms with Crippen LogP contribution in [-0.2, 0) is 18.9 Å². The van der Waals surface area contributed by atoms with Crippen LogP contribution in [0.1, 0.15) is 99.8 Å². The molecule has 3 aliphatic heterocycles. The molecule has 0 radical (unpaired) electrons. The van der Waals surface area contributed by atoms with Gasteiger partial charge in [-0.3, -0.25) is 0 Å². The smallest absolute Gasteiger partial charge is 0.199 e. The van der Waals surface area contributed by atoms with Gasteiger partial charge in [0, 0.05) is 11.3 Å². The van der Waals surface area contributed by atoms with E-state index in [1.54, 1.807) is 13.8 Å². The van der Waals surface area contributed by atoms with Crippen LogP contribution in [0.3, 0.4) is 0 Å². The molecule has 8 fully saturated rings. The van der Waals surface area contributed by atoms with Gasteiger partial charge in [0.05, 0.1) is 24.4 Å². The zero-order valence-electron chi connectivity index (χ0n) is 27.7. The molecule has 3 heterocycles. The van der Waals surface area contributed by atoms with Crippen molar-refractivity contribution in [1.82, 2.24) is 0 Å². The molecule has 8 rings (SSSR count). The molecule has 5 aliphatic carbocycles. The van der Waals surface area contributed by atoms with Crippen molar-refractivity contribution in [2.24, 2.45) is 50.7 Å². The van der Waals surface area contributed by atoms with Gasteiger partial charge in [0.25, 0.3) is 0 Å². The molecule has 3 saturated heterocycles. The minimum atomic E-state index is -1.28. The van der Waals surface area contributed by atoms with Crippen LogP contribution in [0.15, 0.2) is 0 Å². The van der Waals surface area contributed by atoms with Gasteiger partial charge in [-0.25, -0.2) is 0 Å². The maximum atomic E-state index is 12.7. The third kappa shape index (κ3) is 3.38. The molecule has 0 aromatic heterocycles. The summed E-state index contributed by atoms with van der Waals surface area (Å²) in [5.41, 5.74) is -1.39. The zero-order chi connectivity index (χ0) is 31.6. The second-order valence-electron chi connectivity index (χ2n) is 18.3. The Morgan fingerprint density at radius 1 is 0.841 bits per heavy atom. The van der Waals surface area contributed by atoms with Crippen molar-refractivity contribution in [3.8, 4) is 0 Å². The molecule has 0 amide bonds. The van der Waals surface area contributed by atoms with E-state index in [9.17, 15) is 25.5 Å². The molecule has 17 atom stereocenters. The Hall–Kier alpha value is -0.360. The molecule has 9 heteroatoms. The monoisotopic (exact) mass is 620 g/mol. The lowest BCUT2D eigenvalue weighted by atomic mass is 9.41. The summed E-state index contributed by atoms with van der Waals surface area (Å²) in [6.07, 6.45) is 2.00. The second-order valence-corrected chi connectivity index (χ2v) is 18.3. The Labute approximate surface area is 262 Å². The molecule has 8 aliphatic rings. The normalized spacial score (nSPS) is 62.2. The van der Waals surface area contributed by atoms with Crippen molar-refractivity contribution >= 4 is 0 Å². The Morgan fingerprint density at radius 3 is 2.23 bits per heavy atom. The van der Waals surface area contributed by atoms with E-state index in [0.717, 1.165) is 44.9 Å². The van der Waals surface area contributed by atoms with Gasteiger partial charge in [-0.1, -0.05) is 34.6 Å². The number of ether oxygens (including phenoxy) is 4. The fourth-order valence-corrected chi connectivity index (χ4v) is 14.0. The molecule has 0 aromatic carbocycles. The lowest BCUT2D eigenvalue weighted by Crippen LogP contribution is -2.61. The summed E-state index contributed by atoms with van der Waals surface area (Å²) >= 11 is 0. The molecule has 2 bridgehead atoms. The summed E-state index contributed by atoms with van der Waals surface area (Å²) in [5.74, 6) is 0.108. The number of rotatable bonds is 3. The van der Waals surface area contributed by atoms with E-state index < -0.39 is 48.2 Å². The van der Waals surface area contributed by atoms with Crippen LogP contribution in [0.4, 0.5) is 0 Å². The van der Waals surface area contributed by atoms with Gasteiger partial charge < -0.3 is 44.5 Å². The van der Waals surface area contributed by atoms with Crippen molar-refractivity contribution < 1.29 is 44.5 Å². The average molecular weight is 621 g/mol. The molecular formula is C35H56O9. The van der Waals surface area contributed by atoms with Crippen LogP contribution in [0.25, 0.3) is 0 Å². The van der Waals surface area contributed by atoms with Crippen LogP contribution in [0.2, 0.25) is 0 Å². The zero-order valence-corrected chi connectivity index (χ0v) is 27.7. The van der Waals surface area contributed by atoms with E-state index in [0.29, 0.717) is 17.8 Å². The first kappa shape index (κ1) is 30.9. The van der Waals surface area contributed by atoms with Crippen molar-refractivity contribution in [2.75, 3.05) is 6.61 Å². The van der Waals surface area contributed by atoms with E-state index in [1.165, 1.54) is 6.42 Å². The Bertz CT molecular complexity index is 1200. The summed E-state index contributed by atoms with van der Waals surface area (Å²) in [6, 6.07) is 0. The molecule has 44 heavy (non-hydrogen) atoms. The fraction of sp³-hybridized carbons (Fsp3) is 1.00. The number of aliphatic hydroxyl groups excluding tert-OH is 4. The van der Waals surface area contributed by atoms with Crippen LogP contribution < -0.4 is 0 Å². The highest BCUT2D eigenvalue weighted by atomic mass is 16.8.